The molecule has 0 bridgehead atoms. The van der Waals surface area contributed by atoms with E-state index in [4.69, 9.17) is 0 Å². The maximum Gasteiger partial charge on any atom is 0.0958 e. The van der Waals surface area contributed by atoms with E-state index in [2.05, 4.69) is 54.7 Å². The highest BCUT2D eigenvalue weighted by atomic mass is 15.1. The standard InChI is InChI=1S/C16H25N3/c1-12(2)5-6-17-7-8-19-11-18-15-9-13(3)14(4)10-16(15)19/h9-12,17H,5-8H2,1-4H3. The van der Waals surface area contributed by atoms with Gasteiger partial charge in [0.1, 0.15) is 0 Å². The zero-order valence-corrected chi connectivity index (χ0v) is 12.5. The Morgan fingerprint density at radius 2 is 1.89 bits per heavy atom. The summed E-state index contributed by atoms with van der Waals surface area (Å²) < 4.78 is 2.24. The zero-order valence-electron chi connectivity index (χ0n) is 12.5. The Labute approximate surface area is 116 Å². The predicted molar refractivity (Wildman–Crippen MR) is 81.5 cm³/mol. The Kier molecular flexibility index (Phi) is 4.59. The van der Waals surface area contributed by atoms with Crippen LogP contribution in [0.5, 0.6) is 0 Å². The van der Waals surface area contributed by atoms with Crippen molar-refractivity contribution in [3.05, 3.63) is 29.6 Å². The smallest absolute Gasteiger partial charge is 0.0958 e. The molecule has 1 aromatic carbocycles. The fourth-order valence-corrected chi connectivity index (χ4v) is 2.21. The molecule has 0 spiro atoms. The highest BCUT2D eigenvalue weighted by molar-refractivity contribution is 5.77. The Balaban J connectivity index is 1.96. The Morgan fingerprint density at radius 1 is 1.16 bits per heavy atom. The minimum atomic E-state index is 0.771. The molecule has 0 amide bonds. The first-order chi connectivity index (χ1) is 9.08. The lowest BCUT2D eigenvalue weighted by atomic mass is 10.1. The van der Waals surface area contributed by atoms with Crippen molar-refractivity contribution in [3.8, 4) is 0 Å². The van der Waals surface area contributed by atoms with Crippen molar-refractivity contribution in [1.29, 1.82) is 0 Å². The number of aromatic nitrogens is 2. The fraction of sp³-hybridized carbons (Fsp3) is 0.562. The van der Waals surface area contributed by atoms with Gasteiger partial charge in [0.25, 0.3) is 0 Å². The molecule has 1 heterocycles. The van der Waals surface area contributed by atoms with Crippen LogP contribution in [0.4, 0.5) is 0 Å². The molecular weight excluding hydrogens is 234 g/mol. The highest BCUT2D eigenvalue weighted by Crippen LogP contribution is 2.18. The summed E-state index contributed by atoms with van der Waals surface area (Å²) in [6.07, 6.45) is 3.19. The molecule has 3 heteroatoms. The number of nitrogens with zero attached hydrogens (tertiary/aromatic N) is 2. The second-order valence-corrected chi connectivity index (χ2v) is 5.80. The van der Waals surface area contributed by atoms with Crippen LogP contribution in [-0.2, 0) is 6.54 Å². The number of aryl methyl sites for hydroxylation is 2. The first-order valence-electron chi connectivity index (χ1n) is 7.20. The van der Waals surface area contributed by atoms with Gasteiger partial charge in [-0.2, -0.15) is 0 Å². The summed E-state index contributed by atoms with van der Waals surface area (Å²) in [4.78, 5) is 4.48. The quantitative estimate of drug-likeness (QED) is 0.807. The lowest BCUT2D eigenvalue weighted by molar-refractivity contribution is 0.522. The van der Waals surface area contributed by atoms with E-state index in [0.29, 0.717) is 0 Å². The molecule has 0 saturated carbocycles. The van der Waals surface area contributed by atoms with Crippen LogP contribution in [0.15, 0.2) is 18.5 Å². The fourth-order valence-electron chi connectivity index (χ4n) is 2.21. The maximum atomic E-state index is 4.48. The lowest BCUT2D eigenvalue weighted by Gasteiger charge is -2.08. The van der Waals surface area contributed by atoms with Gasteiger partial charge >= 0.3 is 0 Å². The van der Waals surface area contributed by atoms with E-state index in [1.165, 1.54) is 23.1 Å². The number of nitrogens with one attached hydrogen (secondary N) is 1. The minimum Gasteiger partial charge on any atom is -0.329 e. The Morgan fingerprint density at radius 3 is 2.63 bits per heavy atom. The van der Waals surface area contributed by atoms with Crippen molar-refractivity contribution >= 4 is 11.0 Å². The molecule has 1 aromatic heterocycles. The van der Waals surface area contributed by atoms with Gasteiger partial charge in [-0.05, 0) is 56.0 Å². The molecule has 19 heavy (non-hydrogen) atoms. The summed E-state index contributed by atoms with van der Waals surface area (Å²) in [6.45, 7) is 11.9. The van der Waals surface area contributed by atoms with Crippen LogP contribution in [0.25, 0.3) is 11.0 Å². The predicted octanol–water partition coefficient (Wildman–Crippen LogP) is 3.29. The van der Waals surface area contributed by atoms with Gasteiger partial charge < -0.3 is 9.88 Å². The second kappa shape index (κ2) is 6.20. The van der Waals surface area contributed by atoms with Gasteiger partial charge in [-0.3, -0.25) is 0 Å². The van der Waals surface area contributed by atoms with Crippen molar-refractivity contribution in [2.24, 2.45) is 5.92 Å². The van der Waals surface area contributed by atoms with Gasteiger partial charge in [0, 0.05) is 13.1 Å². The second-order valence-electron chi connectivity index (χ2n) is 5.80. The number of fused-ring (bicyclic) bond motifs is 1. The molecule has 0 saturated heterocycles. The average Bonchev–Trinajstić information content (AvgIpc) is 2.72. The van der Waals surface area contributed by atoms with Gasteiger partial charge in [-0.15, -0.1) is 0 Å². The molecular formula is C16H25N3. The van der Waals surface area contributed by atoms with Crippen molar-refractivity contribution in [2.75, 3.05) is 13.1 Å². The van der Waals surface area contributed by atoms with Gasteiger partial charge in [0.15, 0.2) is 0 Å². The van der Waals surface area contributed by atoms with Gasteiger partial charge in [-0.1, -0.05) is 13.8 Å². The number of hydrogen-bond donors (Lipinski definition) is 1. The average molecular weight is 259 g/mol. The summed E-state index contributed by atoms with van der Waals surface area (Å²) in [5.41, 5.74) is 4.99. The molecule has 0 unspecified atom stereocenters. The molecule has 0 atom stereocenters. The molecule has 2 aromatic rings. The summed E-state index contributed by atoms with van der Waals surface area (Å²) in [5.74, 6) is 0.771. The summed E-state index contributed by atoms with van der Waals surface area (Å²) >= 11 is 0. The summed E-state index contributed by atoms with van der Waals surface area (Å²) in [5, 5.41) is 3.50. The maximum absolute atomic E-state index is 4.48. The minimum absolute atomic E-state index is 0.771. The SMILES string of the molecule is Cc1cc2ncn(CCNCCC(C)C)c2cc1C. The van der Waals surface area contributed by atoms with Crippen molar-refractivity contribution < 1.29 is 0 Å². The number of imidazole rings is 1. The molecule has 2 rings (SSSR count). The van der Waals surface area contributed by atoms with E-state index in [1.807, 2.05) is 6.33 Å². The van der Waals surface area contributed by atoms with Gasteiger partial charge in [0.2, 0.25) is 0 Å². The third kappa shape index (κ3) is 3.57. The van der Waals surface area contributed by atoms with Crippen LogP contribution in [0.1, 0.15) is 31.4 Å². The Bertz CT molecular complexity index is 540. The van der Waals surface area contributed by atoms with Crippen LogP contribution in [0.3, 0.4) is 0 Å². The van der Waals surface area contributed by atoms with E-state index in [-0.39, 0.29) is 0 Å². The topological polar surface area (TPSA) is 29.9 Å². The first-order valence-corrected chi connectivity index (χ1v) is 7.20. The molecule has 0 aliphatic carbocycles. The highest BCUT2D eigenvalue weighted by Gasteiger charge is 2.04. The normalized spacial score (nSPS) is 11.6. The van der Waals surface area contributed by atoms with E-state index in [0.717, 1.165) is 31.1 Å². The van der Waals surface area contributed by atoms with Crippen LogP contribution < -0.4 is 5.32 Å². The molecule has 0 radical (unpaired) electrons. The van der Waals surface area contributed by atoms with E-state index in [1.54, 1.807) is 0 Å². The summed E-state index contributed by atoms with van der Waals surface area (Å²) in [6, 6.07) is 4.42. The molecule has 104 valence electrons. The van der Waals surface area contributed by atoms with E-state index in [9.17, 15) is 0 Å². The first kappa shape index (κ1) is 14.1. The molecule has 3 nitrogen and oxygen atoms in total. The molecule has 0 fully saturated rings. The van der Waals surface area contributed by atoms with Crippen LogP contribution in [0, 0.1) is 19.8 Å². The lowest BCUT2D eigenvalue weighted by Crippen LogP contribution is -2.21. The van der Waals surface area contributed by atoms with E-state index < -0.39 is 0 Å². The number of hydrogen-bond acceptors (Lipinski definition) is 2. The number of rotatable bonds is 6. The van der Waals surface area contributed by atoms with Crippen LogP contribution in [-0.4, -0.2) is 22.6 Å². The van der Waals surface area contributed by atoms with Crippen molar-refractivity contribution in [1.82, 2.24) is 14.9 Å². The third-order valence-electron chi connectivity index (χ3n) is 3.66. The van der Waals surface area contributed by atoms with Crippen molar-refractivity contribution in [2.45, 2.75) is 40.7 Å². The van der Waals surface area contributed by atoms with E-state index >= 15 is 0 Å². The largest absolute Gasteiger partial charge is 0.329 e. The summed E-state index contributed by atoms with van der Waals surface area (Å²) in [7, 11) is 0. The molecule has 0 aliphatic rings. The van der Waals surface area contributed by atoms with Crippen LogP contribution >= 0.6 is 0 Å². The number of benzene rings is 1. The zero-order chi connectivity index (χ0) is 13.8. The van der Waals surface area contributed by atoms with Crippen molar-refractivity contribution in [3.63, 3.8) is 0 Å². The van der Waals surface area contributed by atoms with Crippen LogP contribution in [0.2, 0.25) is 0 Å². The third-order valence-corrected chi connectivity index (χ3v) is 3.66. The molecule has 0 aliphatic heterocycles. The van der Waals surface area contributed by atoms with Gasteiger partial charge in [-0.25, -0.2) is 4.98 Å². The monoisotopic (exact) mass is 259 g/mol. The van der Waals surface area contributed by atoms with Gasteiger partial charge in [0.05, 0.1) is 17.4 Å². The Hall–Kier alpha value is -1.35. The molecule has 1 N–H and O–H groups in total.